The van der Waals surface area contributed by atoms with Crippen LogP contribution in [0.3, 0.4) is 0 Å². The van der Waals surface area contributed by atoms with Gasteiger partial charge in [0.1, 0.15) is 0 Å². The summed E-state index contributed by atoms with van der Waals surface area (Å²) in [4.78, 5) is 0. The van der Waals surface area contributed by atoms with Gasteiger partial charge < -0.3 is 0 Å². The molecule has 0 N–H and O–H groups in total. The van der Waals surface area contributed by atoms with Gasteiger partial charge in [-0.15, -0.1) is 0 Å². The molecule has 0 heterocycles. The van der Waals surface area contributed by atoms with Crippen molar-refractivity contribution in [3.8, 4) is 0 Å². The van der Waals surface area contributed by atoms with Gasteiger partial charge in [-0.05, 0) is 38.1 Å². The van der Waals surface area contributed by atoms with Crippen LogP contribution in [0.1, 0.15) is 13.8 Å². The number of hydrogen-bond acceptors (Lipinski definition) is 3. The van der Waals surface area contributed by atoms with Gasteiger partial charge in [-0.3, -0.25) is 9.05 Å². The third kappa shape index (κ3) is 3.73. The first-order valence-electron chi connectivity index (χ1n) is 7.01. The van der Waals surface area contributed by atoms with Crippen molar-refractivity contribution in [2.75, 3.05) is 17.9 Å². The fraction of sp³-hybridized carbons (Fsp3) is 0.250. The van der Waals surface area contributed by atoms with E-state index in [1.54, 1.807) is 18.5 Å². The Morgan fingerprint density at radius 1 is 0.810 bits per heavy atom. The Labute approximate surface area is 125 Å². The van der Waals surface area contributed by atoms with Crippen molar-refractivity contribution >= 4 is 19.1 Å². The van der Waals surface area contributed by atoms with Gasteiger partial charge in [0.15, 0.2) is 0 Å². The molecule has 21 heavy (non-hydrogen) atoms. The van der Waals surface area contributed by atoms with Crippen molar-refractivity contribution in [3.63, 3.8) is 0 Å². The van der Waals surface area contributed by atoms with Crippen LogP contribution in [0.25, 0.3) is 0 Å². The van der Waals surface area contributed by atoms with Crippen LogP contribution >= 0.6 is 7.75 Å². The van der Waals surface area contributed by atoms with Crippen LogP contribution < -0.4 is 4.67 Å². The molecule has 5 heteroatoms. The van der Waals surface area contributed by atoms with E-state index in [-0.39, 0.29) is 0 Å². The lowest BCUT2D eigenvalue weighted by atomic mass is 10.3. The first-order valence-corrected chi connectivity index (χ1v) is 8.50. The summed E-state index contributed by atoms with van der Waals surface area (Å²) in [7, 11) is -3.44. The van der Waals surface area contributed by atoms with E-state index in [1.807, 2.05) is 60.7 Å². The maximum atomic E-state index is 13.2. The van der Waals surface area contributed by atoms with Crippen molar-refractivity contribution in [3.05, 3.63) is 60.7 Å². The van der Waals surface area contributed by atoms with E-state index in [1.165, 1.54) is 0 Å². The lowest BCUT2D eigenvalue weighted by Crippen LogP contribution is -2.17. The summed E-state index contributed by atoms with van der Waals surface area (Å²) >= 11 is 0. The molecule has 0 aromatic heterocycles. The molecule has 0 amide bonds. The van der Waals surface area contributed by atoms with Gasteiger partial charge in [0, 0.05) is 0 Å². The van der Waals surface area contributed by atoms with Crippen LogP contribution in [0.15, 0.2) is 60.7 Å². The number of nitrogens with zero attached hydrogens (tertiary/aromatic N) is 1. The third-order valence-electron chi connectivity index (χ3n) is 2.83. The maximum absolute atomic E-state index is 13.2. The van der Waals surface area contributed by atoms with Crippen molar-refractivity contribution in [1.29, 1.82) is 0 Å². The Balaban J connectivity index is 2.52. The Morgan fingerprint density at radius 3 is 1.52 bits per heavy atom. The second-order valence-corrected chi connectivity index (χ2v) is 6.14. The van der Waals surface area contributed by atoms with Crippen LogP contribution in [-0.4, -0.2) is 13.2 Å². The average Bonchev–Trinajstić information content (AvgIpc) is 2.50. The van der Waals surface area contributed by atoms with Gasteiger partial charge in [0.2, 0.25) is 0 Å². The lowest BCUT2D eigenvalue weighted by molar-refractivity contribution is 0.220. The number of hydrogen-bond donors (Lipinski definition) is 0. The molecule has 0 fully saturated rings. The van der Waals surface area contributed by atoms with Crippen LogP contribution in [0.2, 0.25) is 0 Å². The zero-order valence-electron chi connectivity index (χ0n) is 12.3. The molecular formula is C16H20NO3P. The summed E-state index contributed by atoms with van der Waals surface area (Å²) < 4.78 is 25.8. The summed E-state index contributed by atoms with van der Waals surface area (Å²) in [5.74, 6) is 0. The Morgan fingerprint density at radius 2 is 1.19 bits per heavy atom. The van der Waals surface area contributed by atoms with Crippen molar-refractivity contribution in [1.82, 2.24) is 0 Å². The minimum absolute atomic E-state index is 0.313. The van der Waals surface area contributed by atoms with Crippen LogP contribution in [0, 0.1) is 0 Å². The number of rotatable bonds is 7. The minimum atomic E-state index is -3.44. The molecule has 0 atom stereocenters. The van der Waals surface area contributed by atoms with Crippen LogP contribution in [-0.2, 0) is 13.6 Å². The van der Waals surface area contributed by atoms with E-state index in [0.717, 1.165) is 11.4 Å². The monoisotopic (exact) mass is 305 g/mol. The lowest BCUT2D eigenvalue weighted by Gasteiger charge is -2.31. The van der Waals surface area contributed by atoms with E-state index < -0.39 is 7.75 Å². The van der Waals surface area contributed by atoms with E-state index >= 15 is 0 Å². The molecule has 0 saturated carbocycles. The molecular weight excluding hydrogens is 285 g/mol. The van der Waals surface area contributed by atoms with E-state index in [4.69, 9.17) is 9.05 Å². The number of anilines is 2. The summed E-state index contributed by atoms with van der Waals surface area (Å²) in [6.07, 6.45) is 0. The second-order valence-electron chi connectivity index (χ2n) is 4.29. The molecule has 2 aromatic rings. The largest absolute Gasteiger partial charge is 0.439 e. The van der Waals surface area contributed by atoms with Crippen LogP contribution in [0.5, 0.6) is 0 Å². The average molecular weight is 305 g/mol. The van der Waals surface area contributed by atoms with Crippen molar-refractivity contribution in [2.45, 2.75) is 13.8 Å². The molecule has 0 aliphatic rings. The van der Waals surface area contributed by atoms with E-state index in [0.29, 0.717) is 13.2 Å². The normalized spacial score (nSPS) is 11.3. The zero-order valence-corrected chi connectivity index (χ0v) is 13.2. The van der Waals surface area contributed by atoms with Gasteiger partial charge >= 0.3 is 7.75 Å². The third-order valence-corrected chi connectivity index (χ3v) is 4.95. The molecule has 0 aliphatic heterocycles. The first-order chi connectivity index (χ1) is 10.2. The fourth-order valence-corrected chi connectivity index (χ4v) is 3.84. The summed E-state index contributed by atoms with van der Waals surface area (Å²) in [6.45, 7) is 4.24. The topological polar surface area (TPSA) is 38.8 Å². The molecule has 0 unspecified atom stereocenters. The highest BCUT2D eigenvalue weighted by Gasteiger charge is 2.34. The second kappa shape index (κ2) is 7.41. The van der Waals surface area contributed by atoms with E-state index in [9.17, 15) is 4.57 Å². The van der Waals surface area contributed by atoms with Crippen molar-refractivity contribution in [2.24, 2.45) is 0 Å². The highest BCUT2D eigenvalue weighted by atomic mass is 31.2. The van der Waals surface area contributed by atoms with Crippen LogP contribution in [0.4, 0.5) is 11.4 Å². The SMILES string of the molecule is CCOP(=O)(OCC)N(c1ccccc1)c1ccccc1. The summed E-state index contributed by atoms with van der Waals surface area (Å²) in [5.41, 5.74) is 1.54. The van der Waals surface area contributed by atoms with Gasteiger partial charge in [-0.1, -0.05) is 36.4 Å². The molecule has 0 bridgehead atoms. The Bertz CT molecular complexity index is 539. The predicted molar refractivity (Wildman–Crippen MR) is 85.9 cm³/mol. The highest BCUT2D eigenvalue weighted by Crippen LogP contribution is 2.57. The fourth-order valence-electron chi connectivity index (χ4n) is 2.05. The van der Waals surface area contributed by atoms with E-state index in [2.05, 4.69) is 0 Å². The Hall–Kier alpha value is -1.61. The minimum Gasteiger partial charge on any atom is -0.292 e. The quantitative estimate of drug-likeness (QED) is 0.674. The summed E-state index contributed by atoms with van der Waals surface area (Å²) in [5, 5.41) is 0. The van der Waals surface area contributed by atoms with Gasteiger partial charge in [-0.25, -0.2) is 9.24 Å². The molecule has 0 aliphatic carbocycles. The number of para-hydroxylation sites is 2. The molecule has 4 nitrogen and oxygen atoms in total. The molecule has 2 aromatic carbocycles. The molecule has 2 rings (SSSR count). The smallest absolute Gasteiger partial charge is 0.292 e. The van der Waals surface area contributed by atoms with Gasteiger partial charge in [0.25, 0.3) is 0 Å². The molecule has 0 saturated heterocycles. The highest BCUT2D eigenvalue weighted by molar-refractivity contribution is 7.56. The zero-order chi connectivity index (χ0) is 15.1. The molecule has 112 valence electrons. The summed E-state index contributed by atoms with van der Waals surface area (Å²) in [6, 6.07) is 19.0. The van der Waals surface area contributed by atoms with Crippen molar-refractivity contribution < 1.29 is 13.6 Å². The number of benzene rings is 2. The Kier molecular flexibility index (Phi) is 5.57. The predicted octanol–water partition coefficient (Wildman–Crippen LogP) is 5.01. The van der Waals surface area contributed by atoms with Gasteiger partial charge in [0.05, 0.1) is 24.6 Å². The molecule has 0 radical (unpaired) electrons. The standard InChI is InChI=1S/C16H20NO3P/c1-3-19-21(18,20-4-2)17(15-11-7-5-8-12-15)16-13-9-6-10-14-16/h5-14H,3-4H2,1-2H3. The molecule has 0 spiro atoms. The first kappa shape index (κ1) is 15.8. The maximum Gasteiger partial charge on any atom is 0.439 e. The van der Waals surface area contributed by atoms with Gasteiger partial charge in [-0.2, -0.15) is 0 Å².